The molecule has 8 heteroatoms. The van der Waals surface area contributed by atoms with Crippen LogP contribution in [0.3, 0.4) is 0 Å². The zero-order valence-corrected chi connectivity index (χ0v) is 19.1. The third kappa shape index (κ3) is 6.18. The fourth-order valence-corrected chi connectivity index (χ4v) is 4.81. The number of benzene rings is 2. The number of aromatic nitrogens is 1. The average Bonchev–Trinajstić information content (AvgIpc) is 3.22. The Morgan fingerprint density at radius 2 is 1.84 bits per heavy atom. The van der Waals surface area contributed by atoms with Crippen molar-refractivity contribution >= 4 is 43.8 Å². The lowest BCUT2D eigenvalue weighted by Crippen LogP contribution is -2.36. The van der Waals surface area contributed by atoms with Gasteiger partial charge in [-0.2, -0.15) is 0 Å². The van der Waals surface area contributed by atoms with E-state index in [9.17, 15) is 4.79 Å². The lowest BCUT2D eigenvalue weighted by atomic mass is 10.1. The Labute approximate surface area is 193 Å². The third-order valence-electron chi connectivity index (χ3n) is 5.65. The van der Waals surface area contributed by atoms with Crippen molar-refractivity contribution in [1.82, 2.24) is 9.88 Å². The van der Waals surface area contributed by atoms with Crippen LogP contribution in [0.2, 0.25) is 0 Å². The summed E-state index contributed by atoms with van der Waals surface area (Å²) in [6.45, 7) is 5.78. The second-order valence-corrected chi connectivity index (χ2v) is 9.04. The van der Waals surface area contributed by atoms with Crippen LogP contribution in [0.5, 0.6) is 0 Å². The number of primary amides is 1. The number of carbonyl (C=O) groups excluding carboxylic acids is 1. The van der Waals surface area contributed by atoms with Crippen molar-refractivity contribution in [2.45, 2.75) is 25.7 Å². The molecule has 170 valence electrons. The zero-order valence-electron chi connectivity index (χ0n) is 18.3. The maximum Gasteiger partial charge on any atom is 0.270 e. The average molecular weight is 454 g/mol. The summed E-state index contributed by atoms with van der Waals surface area (Å²) in [5.74, 6) is -0.513. The summed E-state index contributed by atoms with van der Waals surface area (Å²) >= 11 is 1.42. The summed E-state index contributed by atoms with van der Waals surface area (Å²) in [6, 6.07) is 14.4. The van der Waals surface area contributed by atoms with Gasteiger partial charge in [-0.3, -0.25) is 9.69 Å². The number of unbranched alkanes of at least 4 members (excludes halogenated alkanes) is 3. The maximum absolute atomic E-state index is 11.9. The number of thiazole rings is 1. The van der Waals surface area contributed by atoms with E-state index < -0.39 is 5.91 Å². The number of amides is 1. The fourth-order valence-electron chi connectivity index (χ4n) is 3.89. The van der Waals surface area contributed by atoms with E-state index in [0.29, 0.717) is 10.8 Å². The van der Waals surface area contributed by atoms with Gasteiger partial charge in [0, 0.05) is 25.3 Å². The van der Waals surface area contributed by atoms with Crippen molar-refractivity contribution in [1.29, 1.82) is 0 Å². The quantitative estimate of drug-likeness (QED) is 0.372. The first kappa shape index (κ1) is 22.5. The minimum absolute atomic E-state index is 0.297. The van der Waals surface area contributed by atoms with E-state index in [1.54, 1.807) is 0 Å². The van der Waals surface area contributed by atoms with Crippen molar-refractivity contribution in [2.75, 3.05) is 50.0 Å². The Morgan fingerprint density at radius 3 is 2.66 bits per heavy atom. The predicted molar refractivity (Wildman–Crippen MR) is 132 cm³/mol. The summed E-state index contributed by atoms with van der Waals surface area (Å²) in [4.78, 5) is 18.8. The molecule has 1 aliphatic heterocycles. The molecule has 0 spiro atoms. The molecular weight excluding hydrogens is 422 g/mol. The molecule has 7 nitrogen and oxygen atoms in total. The van der Waals surface area contributed by atoms with Gasteiger partial charge in [0.2, 0.25) is 0 Å². The van der Waals surface area contributed by atoms with Gasteiger partial charge in [-0.05, 0) is 42.3 Å². The highest BCUT2D eigenvalue weighted by Gasteiger charge is 2.16. The van der Waals surface area contributed by atoms with Crippen LogP contribution in [-0.4, -0.2) is 55.2 Å². The molecule has 0 aliphatic carbocycles. The van der Waals surface area contributed by atoms with Gasteiger partial charge >= 0.3 is 0 Å². The van der Waals surface area contributed by atoms with E-state index in [1.165, 1.54) is 29.6 Å². The van der Waals surface area contributed by atoms with Crippen LogP contribution in [-0.2, 0) is 4.74 Å². The second kappa shape index (κ2) is 11.3. The van der Waals surface area contributed by atoms with Crippen LogP contribution in [0.25, 0.3) is 10.8 Å². The van der Waals surface area contributed by atoms with Crippen molar-refractivity contribution in [3.8, 4) is 0 Å². The minimum atomic E-state index is -0.513. The number of anilines is 3. The van der Waals surface area contributed by atoms with Crippen LogP contribution >= 0.6 is 11.3 Å². The van der Waals surface area contributed by atoms with Crippen molar-refractivity contribution in [3.05, 3.63) is 48.2 Å². The number of rotatable bonds is 11. The van der Waals surface area contributed by atoms with Crippen molar-refractivity contribution < 1.29 is 9.53 Å². The van der Waals surface area contributed by atoms with Gasteiger partial charge in [-0.25, -0.2) is 4.98 Å². The van der Waals surface area contributed by atoms with Crippen molar-refractivity contribution in [2.24, 2.45) is 5.73 Å². The number of hydrogen-bond acceptors (Lipinski definition) is 7. The normalized spacial score (nSPS) is 14.5. The number of nitrogens with zero attached hydrogens (tertiary/aromatic N) is 2. The Morgan fingerprint density at radius 1 is 1.06 bits per heavy atom. The van der Waals surface area contributed by atoms with Crippen LogP contribution in [0.4, 0.5) is 15.8 Å². The predicted octanol–water partition coefficient (Wildman–Crippen LogP) is 4.44. The highest BCUT2D eigenvalue weighted by Crippen LogP contribution is 2.31. The lowest BCUT2D eigenvalue weighted by Gasteiger charge is -2.26. The molecule has 0 bridgehead atoms. The summed E-state index contributed by atoms with van der Waals surface area (Å²) in [5.41, 5.74) is 6.79. The van der Waals surface area contributed by atoms with Gasteiger partial charge < -0.3 is 21.1 Å². The molecular formula is C24H31N5O2S. The van der Waals surface area contributed by atoms with Crippen LogP contribution in [0, 0.1) is 0 Å². The van der Waals surface area contributed by atoms with Gasteiger partial charge in [0.1, 0.15) is 5.00 Å². The second-order valence-electron chi connectivity index (χ2n) is 8.04. The molecule has 2 heterocycles. The summed E-state index contributed by atoms with van der Waals surface area (Å²) in [6.07, 6.45) is 4.63. The zero-order chi connectivity index (χ0) is 22.2. The highest BCUT2D eigenvalue weighted by molar-refractivity contribution is 7.19. The molecule has 1 saturated heterocycles. The van der Waals surface area contributed by atoms with Gasteiger partial charge in [0.15, 0.2) is 10.8 Å². The minimum Gasteiger partial charge on any atom is -0.379 e. The first-order valence-corrected chi connectivity index (χ1v) is 12.1. The molecule has 0 atom stereocenters. The van der Waals surface area contributed by atoms with E-state index in [2.05, 4.69) is 44.8 Å². The first-order valence-electron chi connectivity index (χ1n) is 11.3. The molecule has 32 heavy (non-hydrogen) atoms. The van der Waals surface area contributed by atoms with Crippen molar-refractivity contribution in [3.63, 3.8) is 0 Å². The number of nitrogens with two attached hydrogens (primary N) is 1. The number of carbonyl (C=O) groups is 1. The van der Waals surface area contributed by atoms with E-state index in [1.807, 2.05) is 18.2 Å². The monoisotopic (exact) mass is 453 g/mol. The van der Waals surface area contributed by atoms with Crippen LogP contribution in [0.15, 0.2) is 42.5 Å². The maximum atomic E-state index is 11.9. The third-order valence-corrected chi connectivity index (χ3v) is 6.58. The molecule has 1 aromatic heterocycles. The largest absolute Gasteiger partial charge is 0.379 e. The van der Waals surface area contributed by atoms with E-state index >= 15 is 0 Å². The molecule has 4 N–H and O–H groups in total. The molecule has 2 aromatic carbocycles. The molecule has 0 saturated carbocycles. The number of nitrogens with one attached hydrogen (secondary N) is 2. The van der Waals surface area contributed by atoms with E-state index in [-0.39, 0.29) is 0 Å². The fraction of sp³-hybridized carbons (Fsp3) is 0.417. The number of morpholine rings is 1. The Hall–Kier alpha value is -2.68. The Kier molecular flexibility index (Phi) is 7.92. The first-order chi connectivity index (χ1) is 15.7. The smallest absolute Gasteiger partial charge is 0.270 e. The number of fused-ring (bicyclic) bond motifs is 1. The van der Waals surface area contributed by atoms with Crippen LogP contribution in [0.1, 0.15) is 36.2 Å². The highest BCUT2D eigenvalue weighted by atomic mass is 32.1. The molecule has 1 aliphatic rings. The molecule has 4 rings (SSSR count). The van der Waals surface area contributed by atoms with Gasteiger partial charge in [0.05, 0.1) is 13.2 Å². The lowest BCUT2D eigenvalue weighted by molar-refractivity contribution is 0.0371. The summed E-state index contributed by atoms with van der Waals surface area (Å²) in [5, 5.41) is 10.4. The van der Waals surface area contributed by atoms with Gasteiger partial charge in [-0.1, -0.05) is 54.5 Å². The molecule has 1 amide bonds. The van der Waals surface area contributed by atoms with Gasteiger partial charge in [0.25, 0.3) is 5.91 Å². The Balaban J connectivity index is 1.25. The van der Waals surface area contributed by atoms with Crippen LogP contribution < -0.4 is 16.4 Å². The van der Waals surface area contributed by atoms with E-state index in [4.69, 9.17) is 10.5 Å². The molecule has 0 unspecified atom stereocenters. The molecule has 1 fully saturated rings. The van der Waals surface area contributed by atoms with E-state index in [0.717, 1.165) is 68.3 Å². The topological polar surface area (TPSA) is 92.5 Å². The van der Waals surface area contributed by atoms with Gasteiger partial charge in [-0.15, -0.1) is 0 Å². The number of ether oxygens (including phenoxy) is 1. The standard InChI is InChI=1S/C24H31N5O2S/c25-22(30)21-23(26-11-5-1-2-6-12-29-13-15-31-16-14-29)32-24(28-21)27-20-10-9-18-7-3-4-8-19(18)17-20/h3-4,7-10,17,26H,1-2,5-6,11-16H2,(H2,25,30)(H,27,28). The summed E-state index contributed by atoms with van der Waals surface area (Å²) < 4.78 is 5.39. The summed E-state index contributed by atoms with van der Waals surface area (Å²) in [7, 11) is 0. The SMILES string of the molecule is NC(=O)c1nc(Nc2ccc3ccccc3c2)sc1NCCCCCCN1CCOCC1. The number of hydrogen-bond donors (Lipinski definition) is 3. The molecule has 3 aromatic rings. The Bertz CT molecular complexity index is 1030. The molecule has 0 radical (unpaired) electrons.